The Hall–Kier alpha value is -0.960. The van der Waals surface area contributed by atoms with Crippen molar-refractivity contribution in [3.8, 4) is 0 Å². The van der Waals surface area contributed by atoms with Crippen LogP contribution in [0.4, 0.5) is 0 Å². The number of carbonyl (C=O) groups excluding carboxylic acids is 1. The topological polar surface area (TPSA) is 29.1 Å². The average Bonchev–Trinajstić information content (AvgIpc) is 2.39. The SMILES string of the molecule is CSc1ccc2c(c1)CC[C@H]1NC(=O)CC[C@]21C. The normalized spacial score (nSPS) is 30.3. The molecule has 1 heterocycles. The second-order valence-corrected chi connectivity index (χ2v) is 6.48. The molecule has 2 atom stereocenters. The Bertz CT molecular complexity index is 499. The maximum absolute atomic E-state index is 11.6. The molecule has 2 aliphatic rings. The van der Waals surface area contributed by atoms with Gasteiger partial charge in [0.15, 0.2) is 0 Å². The summed E-state index contributed by atoms with van der Waals surface area (Å²) in [4.78, 5) is 12.9. The molecule has 1 amide bonds. The van der Waals surface area contributed by atoms with E-state index in [4.69, 9.17) is 0 Å². The highest BCUT2D eigenvalue weighted by molar-refractivity contribution is 7.98. The first-order valence-electron chi connectivity index (χ1n) is 6.60. The summed E-state index contributed by atoms with van der Waals surface area (Å²) in [6.45, 7) is 2.31. The van der Waals surface area contributed by atoms with E-state index in [1.165, 1.54) is 16.0 Å². The molecule has 1 aliphatic carbocycles. The van der Waals surface area contributed by atoms with Crippen molar-refractivity contribution in [2.24, 2.45) is 0 Å². The number of carbonyl (C=O) groups is 1. The number of hydrogen-bond acceptors (Lipinski definition) is 2. The fourth-order valence-electron chi connectivity index (χ4n) is 3.45. The maximum Gasteiger partial charge on any atom is 0.220 e. The second-order valence-electron chi connectivity index (χ2n) is 5.60. The summed E-state index contributed by atoms with van der Waals surface area (Å²) >= 11 is 1.80. The maximum atomic E-state index is 11.6. The molecule has 1 fully saturated rings. The molecule has 1 aliphatic heterocycles. The Kier molecular flexibility index (Phi) is 2.89. The van der Waals surface area contributed by atoms with Gasteiger partial charge in [0.2, 0.25) is 5.91 Å². The van der Waals surface area contributed by atoms with E-state index in [-0.39, 0.29) is 11.3 Å². The molecule has 0 radical (unpaired) electrons. The molecule has 0 aromatic heterocycles. The average molecular weight is 261 g/mol. The van der Waals surface area contributed by atoms with E-state index in [0.29, 0.717) is 12.5 Å². The van der Waals surface area contributed by atoms with E-state index in [1.54, 1.807) is 11.8 Å². The lowest BCUT2D eigenvalue weighted by Crippen LogP contribution is -2.55. The number of aryl methyl sites for hydroxylation is 1. The molecular weight excluding hydrogens is 242 g/mol. The molecule has 0 unspecified atom stereocenters. The minimum absolute atomic E-state index is 0.137. The number of thioether (sulfide) groups is 1. The number of amides is 1. The molecule has 1 N–H and O–H groups in total. The Morgan fingerprint density at radius 2 is 2.22 bits per heavy atom. The molecule has 0 saturated carbocycles. The number of benzene rings is 1. The Morgan fingerprint density at radius 1 is 1.39 bits per heavy atom. The molecule has 3 heteroatoms. The predicted molar refractivity (Wildman–Crippen MR) is 75.1 cm³/mol. The minimum Gasteiger partial charge on any atom is -0.352 e. The van der Waals surface area contributed by atoms with Crippen LogP contribution < -0.4 is 5.32 Å². The van der Waals surface area contributed by atoms with Gasteiger partial charge in [0, 0.05) is 22.8 Å². The summed E-state index contributed by atoms with van der Waals surface area (Å²) in [5.41, 5.74) is 3.08. The third-order valence-corrected chi connectivity index (χ3v) is 5.33. The van der Waals surface area contributed by atoms with Gasteiger partial charge in [0.25, 0.3) is 0 Å². The van der Waals surface area contributed by atoms with Crippen molar-refractivity contribution in [1.82, 2.24) is 5.32 Å². The van der Waals surface area contributed by atoms with Gasteiger partial charge in [-0.05, 0) is 48.8 Å². The van der Waals surface area contributed by atoms with Gasteiger partial charge in [0.1, 0.15) is 0 Å². The lowest BCUT2D eigenvalue weighted by Gasteiger charge is -2.46. The smallest absolute Gasteiger partial charge is 0.220 e. The van der Waals surface area contributed by atoms with Crippen molar-refractivity contribution in [3.63, 3.8) is 0 Å². The third kappa shape index (κ3) is 1.76. The highest BCUT2D eigenvalue weighted by atomic mass is 32.2. The Labute approximate surface area is 113 Å². The molecule has 0 bridgehead atoms. The van der Waals surface area contributed by atoms with E-state index in [2.05, 4.69) is 36.7 Å². The van der Waals surface area contributed by atoms with Gasteiger partial charge < -0.3 is 5.32 Å². The summed E-state index contributed by atoms with van der Waals surface area (Å²) in [6, 6.07) is 7.15. The van der Waals surface area contributed by atoms with Crippen LogP contribution in [-0.2, 0) is 16.6 Å². The monoisotopic (exact) mass is 261 g/mol. The number of piperidine rings is 1. The fourth-order valence-corrected chi connectivity index (χ4v) is 3.91. The van der Waals surface area contributed by atoms with Crippen LogP contribution in [0.15, 0.2) is 23.1 Å². The van der Waals surface area contributed by atoms with Crippen molar-refractivity contribution in [3.05, 3.63) is 29.3 Å². The quantitative estimate of drug-likeness (QED) is 0.788. The zero-order chi connectivity index (χ0) is 12.8. The lowest BCUT2D eigenvalue weighted by molar-refractivity contribution is -0.125. The minimum atomic E-state index is 0.137. The van der Waals surface area contributed by atoms with Crippen LogP contribution in [0.5, 0.6) is 0 Å². The van der Waals surface area contributed by atoms with Crippen LogP contribution in [-0.4, -0.2) is 18.2 Å². The van der Waals surface area contributed by atoms with E-state index in [9.17, 15) is 4.79 Å². The summed E-state index contributed by atoms with van der Waals surface area (Å²) in [6.07, 6.45) is 5.93. The number of hydrogen-bond donors (Lipinski definition) is 1. The Balaban J connectivity index is 2.03. The highest BCUT2D eigenvalue weighted by Crippen LogP contribution is 2.43. The van der Waals surface area contributed by atoms with E-state index in [0.717, 1.165) is 19.3 Å². The largest absolute Gasteiger partial charge is 0.352 e. The summed E-state index contributed by atoms with van der Waals surface area (Å²) in [5, 5.41) is 3.18. The fraction of sp³-hybridized carbons (Fsp3) is 0.533. The van der Waals surface area contributed by atoms with Crippen LogP contribution in [0, 0.1) is 0 Å². The molecular formula is C15H19NOS. The van der Waals surface area contributed by atoms with Gasteiger partial charge in [-0.3, -0.25) is 4.79 Å². The van der Waals surface area contributed by atoms with Crippen LogP contribution in [0.25, 0.3) is 0 Å². The first kappa shape index (κ1) is 12.1. The number of rotatable bonds is 1. The summed E-state index contributed by atoms with van der Waals surface area (Å²) in [7, 11) is 0. The standard InChI is InChI=1S/C15H19NOS/c1-15-8-7-14(17)16-13(15)6-3-10-9-11(18-2)4-5-12(10)15/h4-5,9,13H,3,6-8H2,1-2H3,(H,16,17)/t13-,15-/m1/s1. The zero-order valence-corrected chi connectivity index (χ0v) is 11.8. The molecule has 18 heavy (non-hydrogen) atoms. The van der Waals surface area contributed by atoms with E-state index in [1.807, 2.05) is 0 Å². The van der Waals surface area contributed by atoms with Crippen LogP contribution in [0.1, 0.15) is 37.3 Å². The number of nitrogens with one attached hydrogen (secondary N) is 1. The Morgan fingerprint density at radius 3 is 3.00 bits per heavy atom. The van der Waals surface area contributed by atoms with Gasteiger partial charge in [-0.1, -0.05) is 13.0 Å². The summed E-state index contributed by atoms with van der Waals surface area (Å²) in [5.74, 6) is 0.224. The van der Waals surface area contributed by atoms with Crippen LogP contribution in [0.3, 0.4) is 0 Å². The van der Waals surface area contributed by atoms with Crippen molar-refractivity contribution < 1.29 is 4.79 Å². The van der Waals surface area contributed by atoms with Gasteiger partial charge in [0.05, 0.1) is 0 Å². The first-order chi connectivity index (χ1) is 8.63. The number of fused-ring (bicyclic) bond motifs is 3. The predicted octanol–water partition coefficient (Wildman–Crippen LogP) is 2.89. The van der Waals surface area contributed by atoms with Crippen LogP contribution in [0.2, 0.25) is 0 Å². The highest BCUT2D eigenvalue weighted by Gasteiger charge is 2.43. The van der Waals surface area contributed by atoms with Crippen molar-refractivity contribution in [2.75, 3.05) is 6.26 Å². The molecule has 0 spiro atoms. The molecule has 96 valence electrons. The molecule has 1 saturated heterocycles. The molecule has 1 aromatic rings. The van der Waals surface area contributed by atoms with Crippen molar-refractivity contribution in [2.45, 2.75) is 49.0 Å². The lowest BCUT2D eigenvalue weighted by atomic mass is 9.64. The molecule has 3 rings (SSSR count). The third-order valence-electron chi connectivity index (χ3n) is 4.61. The van der Waals surface area contributed by atoms with Gasteiger partial charge >= 0.3 is 0 Å². The van der Waals surface area contributed by atoms with Gasteiger partial charge in [-0.15, -0.1) is 11.8 Å². The van der Waals surface area contributed by atoms with E-state index < -0.39 is 0 Å². The zero-order valence-electron chi connectivity index (χ0n) is 11.0. The second kappa shape index (κ2) is 4.30. The van der Waals surface area contributed by atoms with Gasteiger partial charge in [-0.2, -0.15) is 0 Å². The van der Waals surface area contributed by atoms with Crippen molar-refractivity contribution >= 4 is 17.7 Å². The van der Waals surface area contributed by atoms with Crippen molar-refractivity contribution in [1.29, 1.82) is 0 Å². The van der Waals surface area contributed by atoms with Crippen LogP contribution >= 0.6 is 11.8 Å². The van der Waals surface area contributed by atoms with Gasteiger partial charge in [-0.25, -0.2) is 0 Å². The first-order valence-corrected chi connectivity index (χ1v) is 7.83. The molecule has 1 aromatic carbocycles. The molecule has 2 nitrogen and oxygen atoms in total. The summed E-state index contributed by atoms with van der Waals surface area (Å²) < 4.78 is 0. The van der Waals surface area contributed by atoms with E-state index >= 15 is 0 Å².